The van der Waals surface area contributed by atoms with Crippen molar-refractivity contribution in [3.8, 4) is 22.8 Å². The second kappa shape index (κ2) is 10.0. The minimum absolute atomic E-state index is 0.00675. The third kappa shape index (κ3) is 4.46. The van der Waals surface area contributed by atoms with Gasteiger partial charge in [-0.1, -0.05) is 18.2 Å². The van der Waals surface area contributed by atoms with E-state index >= 15 is 0 Å². The summed E-state index contributed by atoms with van der Waals surface area (Å²) in [7, 11) is 3.18. The van der Waals surface area contributed by atoms with E-state index in [1.54, 1.807) is 35.9 Å². The molecule has 1 aliphatic rings. The highest BCUT2D eigenvalue weighted by atomic mass is 32.1. The molecular formula is C29H27N5O4S. The lowest BCUT2D eigenvalue weighted by atomic mass is 10.1. The normalized spacial score (nSPS) is 15.6. The Morgan fingerprint density at radius 1 is 0.949 bits per heavy atom. The van der Waals surface area contributed by atoms with Crippen LogP contribution < -0.4 is 9.47 Å². The molecule has 3 aromatic heterocycles. The standard InChI is InChI=1S/C29H27N5O4S/c1-18-17-32(12-13-33(18)29(36)26-15-20-6-4-5-7-25(20)39-26)28(35)21-16-27-30-11-10-22(34(27)31-21)19-8-9-23(37-2)24(14-19)38-3/h4-11,14-16,18H,12-13,17H2,1-3H3/t18-/m0/s1. The number of fused-ring (bicyclic) bond motifs is 2. The van der Waals surface area contributed by atoms with Crippen molar-refractivity contribution in [2.75, 3.05) is 33.9 Å². The Labute approximate surface area is 229 Å². The number of carbonyl (C=O) groups is 2. The van der Waals surface area contributed by atoms with E-state index in [9.17, 15) is 9.59 Å². The van der Waals surface area contributed by atoms with Gasteiger partial charge in [-0.3, -0.25) is 9.59 Å². The van der Waals surface area contributed by atoms with Gasteiger partial charge in [0.25, 0.3) is 11.8 Å². The molecular weight excluding hydrogens is 514 g/mol. The third-order valence-corrected chi connectivity index (χ3v) is 8.17. The van der Waals surface area contributed by atoms with E-state index < -0.39 is 0 Å². The number of rotatable bonds is 5. The van der Waals surface area contributed by atoms with Gasteiger partial charge >= 0.3 is 0 Å². The molecule has 10 heteroatoms. The van der Waals surface area contributed by atoms with Crippen LogP contribution in [0, 0.1) is 0 Å². The van der Waals surface area contributed by atoms with Crippen molar-refractivity contribution in [3.05, 3.63) is 77.4 Å². The molecule has 1 fully saturated rings. The van der Waals surface area contributed by atoms with Gasteiger partial charge < -0.3 is 19.3 Å². The molecule has 198 valence electrons. The number of methoxy groups -OCH3 is 2. The summed E-state index contributed by atoms with van der Waals surface area (Å²) in [6, 6.07) is 19.0. The molecule has 0 bridgehead atoms. The fourth-order valence-electron chi connectivity index (χ4n) is 5.05. The van der Waals surface area contributed by atoms with Gasteiger partial charge in [0, 0.05) is 48.2 Å². The molecule has 1 saturated heterocycles. The molecule has 0 spiro atoms. The van der Waals surface area contributed by atoms with Crippen LogP contribution >= 0.6 is 11.3 Å². The summed E-state index contributed by atoms with van der Waals surface area (Å²) in [6.07, 6.45) is 1.69. The molecule has 5 aromatic rings. The van der Waals surface area contributed by atoms with Gasteiger partial charge in [-0.15, -0.1) is 11.3 Å². The maximum Gasteiger partial charge on any atom is 0.274 e. The molecule has 2 aromatic carbocycles. The molecule has 0 aliphatic carbocycles. The van der Waals surface area contributed by atoms with Crippen molar-refractivity contribution in [1.82, 2.24) is 24.4 Å². The van der Waals surface area contributed by atoms with Crippen LogP contribution in [0.15, 0.2) is 66.9 Å². The molecule has 4 heterocycles. The van der Waals surface area contributed by atoms with E-state index in [0.717, 1.165) is 26.2 Å². The van der Waals surface area contributed by atoms with Crippen molar-refractivity contribution < 1.29 is 19.1 Å². The molecule has 6 rings (SSSR count). The highest BCUT2D eigenvalue weighted by Gasteiger charge is 2.32. The van der Waals surface area contributed by atoms with Crippen molar-refractivity contribution >= 4 is 38.9 Å². The number of carbonyl (C=O) groups excluding carboxylic acids is 2. The SMILES string of the molecule is COc1ccc(-c2ccnc3cc(C(=O)N4CCN(C(=O)c5cc6ccccc6s5)[C@@H](C)C4)nn23)cc1OC. The lowest BCUT2D eigenvalue weighted by Gasteiger charge is -2.39. The number of hydrogen-bond donors (Lipinski definition) is 0. The Hall–Kier alpha value is -4.44. The smallest absolute Gasteiger partial charge is 0.274 e. The summed E-state index contributed by atoms with van der Waals surface area (Å²) in [5, 5.41) is 5.69. The van der Waals surface area contributed by atoms with Gasteiger partial charge in [-0.05, 0) is 48.7 Å². The zero-order valence-corrected chi connectivity index (χ0v) is 22.6. The topological polar surface area (TPSA) is 89.3 Å². The highest BCUT2D eigenvalue weighted by Crippen LogP contribution is 2.32. The number of hydrogen-bond acceptors (Lipinski definition) is 7. The molecule has 1 aliphatic heterocycles. The second-order valence-electron chi connectivity index (χ2n) is 9.45. The summed E-state index contributed by atoms with van der Waals surface area (Å²) in [4.78, 5) is 35.5. The largest absolute Gasteiger partial charge is 0.493 e. The fraction of sp³-hybridized carbons (Fsp3) is 0.241. The van der Waals surface area contributed by atoms with Crippen LogP contribution in [0.25, 0.3) is 27.0 Å². The van der Waals surface area contributed by atoms with E-state index in [1.807, 2.05) is 66.4 Å². The third-order valence-electron chi connectivity index (χ3n) is 7.07. The van der Waals surface area contributed by atoms with Gasteiger partial charge in [0.1, 0.15) is 0 Å². The molecule has 9 nitrogen and oxygen atoms in total. The first-order valence-electron chi connectivity index (χ1n) is 12.6. The number of ether oxygens (including phenoxy) is 2. The molecule has 0 radical (unpaired) electrons. The average Bonchev–Trinajstić information content (AvgIpc) is 3.60. The zero-order valence-electron chi connectivity index (χ0n) is 21.8. The summed E-state index contributed by atoms with van der Waals surface area (Å²) in [5.74, 6) is 1.05. The highest BCUT2D eigenvalue weighted by molar-refractivity contribution is 7.20. The molecule has 39 heavy (non-hydrogen) atoms. The number of amides is 2. The van der Waals surface area contributed by atoms with Gasteiger partial charge in [0.2, 0.25) is 0 Å². The molecule has 0 N–H and O–H groups in total. The molecule has 2 amide bonds. The van der Waals surface area contributed by atoms with E-state index in [2.05, 4.69) is 10.1 Å². The van der Waals surface area contributed by atoms with E-state index in [4.69, 9.17) is 9.47 Å². The maximum atomic E-state index is 13.5. The predicted octanol–water partition coefficient (Wildman–Crippen LogP) is 4.61. The number of benzene rings is 2. The van der Waals surface area contributed by atoms with E-state index in [0.29, 0.717) is 42.5 Å². The first kappa shape index (κ1) is 24.9. The number of piperazine rings is 1. The lowest BCUT2D eigenvalue weighted by Crippen LogP contribution is -2.55. The van der Waals surface area contributed by atoms with Crippen LogP contribution in [0.1, 0.15) is 27.1 Å². The Morgan fingerprint density at radius 3 is 2.54 bits per heavy atom. The van der Waals surface area contributed by atoms with Crippen LogP contribution in [0.2, 0.25) is 0 Å². The Morgan fingerprint density at radius 2 is 1.77 bits per heavy atom. The summed E-state index contributed by atoms with van der Waals surface area (Å²) >= 11 is 1.50. The van der Waals surface area contributed by atoms with E-state index in [1.165, 1.54) is 11.3 Å². The molecule has 0 unspecified atom stereocenters. The summed E-state index contributed by atoms with van der Waals surface area (Å²) in [5.41, 5.74) is 2.50. The Balaban J connectivity index is 1.21. The minimum Gasteiger partial charge on any atom is -0.493 e. The van der Waals surface area contributed by atoms with Crippen LogP contribution in [0.4, 0.5) is 0 Å². The van der Waals surface area contributed by atoms with Crippen molar-refractivity contribution in [3.63, 3.8) is 0 Å². The van der Waals surface area contributed by atoms with Gasteiger partial charge in [0.15, 0.2) is 22.8 Å². The van der Waals surface area contributed by atoms with E-state index in [-0.39, 0.29) is 17.9 Å². The first-order chi connectivity index (χ1) is 19.0. The summed E-state index contributed by atoms with van der Waals surface area (Å²) in [6.45, 7) is 3.30. The maximum absolute atomic E-state index is 13.5. The van der Waals surface area contributed by atoms with Crippen LogP contribution in [-0.2, 0) is 0 Å². The molecule has 0 saturated carbocycles. The average molecular weight is 542 g/mol. The predicted molar refractivity (Wildman–Crippen MR) is 150 cm³/mol. The number of nitrogens with zero attached hydrogens (tertiary/aromatic N) is 5. The molecule has 1 atom stereocenters. The zero-order chi connectivity index (χ0) is 27.1. The summed E-state index contributed by atoms with van der Waals surface area (Å²) < 4.78 is 13.6. The Kier molecular flexibility index (Phi) is 6.40. The minimum atomic E-state index is -0.181. The lowest BCUT2D eigenvalue weighted by molar-refractivity contribution is 0.0414. The fourth-order valence-corrected chi connectivity index (χ4v) is 6.07. The van der Waals surface area contributed by atoms with Crippen molar-refractivity contribution in [1.29, 1.82) is 0 Å². The van der Waals surface area contributed by atoms with Gasteiger partial charge in [-0.2, -0.15) is 5.10 Å². The first-order valence-corrected chi connectivity index (χ1v) is 13.4. The van der Waals surface area contributed by atoms with Crippen molar-refractivity contribution in [2.24, 2.45) is 0 Å². The van der Waals surface area contributed by atoms with Gasteiger partial charge in [-0.25, -0.2) is 9.50 Å². The van der Waals surface area contributed by atoms with Crippen molar-refractivity contribution in [2.45, 2.75) is 13.0 Å². The van der Waals surface area contributed by atoms with Crippen LogP contribution in [-0.4, -0.2) is 76.1 Å². The Bertz CT molecular complexity index is 1680. The van der Waals surface area contributed by atoms with Crippen LogP contribution in [0.3, 0.4) is 0 Å². The second-order valence-corrected chi connectivity index (χ2v) is 10.5. The number of aromatic nitrogens is 3. The van der Waals surface area contributed by atoms with Crippen LogP contribution in [0.5, 0.6) is 11.5 Å². The quantitative estimate of drug-likeness (QED) is 0.323. The van der Waals surface area contributed by atoms with Gasteiger partial charge in [0.05, 0.1) is 24.8 Å². The monoisotopic (exact) mass is 541 g/mol. The number of thiophene rings is 1.